The van der Waals surface area contributed by atoms with E-state index in [0.29, 0.717) is 22.5 Å². The lowest BCUT2D eigenvalue weighted by Crippen LogP contribution is -2.32. The predicted octanol–water partition coefficient (Wildman–Crippen LogP) is 0.226. The van der Waals surface area contributed by atoms with Gasteiger partial charge in [0.05, 0.1) is 17.1 Å². The molecule has 9 heteroatoms. The maximum absolute atomic E-state index is 12.7. The van der Waals surface area contributed by atoms with Crippen molar-refractivity contribution in [1.29, 1.82) is 0 Å². The molecule has 0 spiro atoms. The van der Waals surface area contributed by atoms with E-state index in [2.05, 4.69) is 25.4 Å². The highest BCUT2D eigenvalue weighted by atomic mass is 16.2. The molecule has 1 aliphatic carbocycles. The van der Waals surface area contributed by atoms with E-state index in [1.165, 1.54) is 6.33 Å². The summed E-state index contributed by atoms with van der Waals surface area (Å²) in [5.41, 5.74) is -0.212. The minimum absolute atomic E-state index is 0.203. The number of amides is 1. The van der Waals surface area contributed by atoms with Crippen molar-refractivity contribution in [3.05, 3.63) is 56.6 Å². The van der Waals surface area contributed by atoms with E-state index in [-0.39, 0.29) is 11.9 Å². The maximum atomic E-state index is 12.7. The number of hydrogen-bond donors (Lipinski definition) is 3. The highest BCUT2D eigenvalue weighted by Gasteiger charge is 2.36. The first-order valence-electron chi connectivity index (χ1n) is 7.94. The number of benzene rings is 1. The fourth-order valence-corrected chi connectivity index (χ4v) is 2.89. The van der Waals surface area contributed by atoms with Crippen LogP contribution < -0.4 is 16.4 Å². The molecule has 1 fully saturated rings. The molecule has 3 N–H and O–H groups in total. The van der Waals surface area contributed by atoms with E-state index >= 15 is 0 Å². The Balaban J connectivity index is 1.65. The monoisotopic (exact) mass is 340 g/mol. The van der Waals surface area contributed by atoms with Crippen LogP contribution >= 0.6 is 0 Å². The number of nitrogens with zero attached hydrogens (tertiary/aromatic N) is 3. The Kier molecular flexibility index (Phi) is 3.48. The van der Waals surface area contributed by atoms with Crippen molar-refractivity contribution in [2.45, 2.75) is 18.9 Å². The van der Waals surface area contributed by atoms with E-state index in [1.54, 1.807) is 29.9 Å². The number of nitrogens with one attached hydrogen (secondary N) is 3. The fraction of sp³-hybridized carbons (Fsp3) is 0.312. The molecule has 3 aromatic rings. The van der Waals surface area contributed by atoms with E-state index < -0.39 is 11.1 Å². The minimum Gasteiger partial charge on any atom is -0.342 e. The second kappa shape index (κ2) is 5.69. The molecule has 1 aliphatic rings. The molecule has 25 heavy (non-hydrogen) atoms. The number of aryl methyl sites for hydroxylation is 1. The average molecular weight is 340 g/mol. The van der Waals surface area contributed by atoms with Gasteiger partial charge in [-0.05, 0) is 37.0 Å². The van der Waals surface area contributed by atoms with Gasteiger partial charge < -0.3 is 15.3 Å². The molecule has 0 radical (unpaired) electrons. The number of aromatic amines is 2. The van der Waals surface area contributed by atoms with Crippen molar-refractivity contribution in [1.82, 2.24) is 30.0 Å². The fourth-order valence-electron chi connectivity index (χ4n) is 2.89. The van der Waals surface area contributed by atoms with Crippen LogP contribution in [0.4, 0.5) is 0 Å². The smallest absolute Gasteiger partial charge is 0.314 e. The summed E-state index contributed by atoms with van der Waals surface area (Å²) in [6, 6.07) is 4.54. The van der Waals surface area contributed by atoms with Crippen LogP contribution in [0.15, 0.2) is 34.1 Å². The highest BCUT2D eigenvalue weighted by Crippen LogP contribution is 2.40. The molecule has 0 bridgehead atoms. The van der Waals surface area contributed by atoms with Crippen LogP contribution in [0.2, 0.25) is 0 Å². The van der Waals surface area contributed by atoms with Gasteiger partial charge in [-0.15, -0.1) is 0 Å². The second-order valence-corrected chi connectivity index (χ2v) is 6.20. The average Bonchev–Trinajstić information content (AvgIpc) is 3.34. The molecular formula is C16H16N6O3. The molecule has 0 unspecified atom stereocenters. The third-order valence-electron chi connectivity index (χ3n) is 4.39. The number of H-pyrrole nitrogens is 2. The van der Waals surface area contributed by atoms with Crippen LogP contribution in [0.5, 0.6) is 0 Å². The summed E-state index contributed by atoms with van der Waals surface area (Å²) in [5, 5.41) is 7.07. The van der Waals surface area contributed by atoms with Crippen LogP contribution in [-0.4, -0.2) is 30.6 Å². The first-order chi connectivity index (χ1) is 12.0. The van der Waals surface area contributed by atoms with E-state index in [4.69, 9.17) is 0 Å². The first-order valence-corrected chi connectivity index (χ1v) is 7.94. The van der Waals surface area contributed by atoms with Crippen LogP contribution in [0.3, 0.4) is 0 Å². The van der Waals surface area contributed by atoms with Gasteiger partial charge in [-0.1, -0.05) is 0 Å². The molecule has 4 rings (SSSR count). The summed E-state index contributed by atoms with van der Waals surface area (Å²) in [7, 11) is 1.79. The Morgan fingerprint density at radius 2 is 1.96 bits per heavy atom. The molecule has 1 aromatic carbocycles. The highest BCUT2D eigenvalue weighted by molar-refractivity contribution is 5.97. The zero-order valence-electron chi connectivity index (χ0n) is 13.4. The molecule has 1 amide bonds. The number of fused-ring (bicyclic) bond motifs is 1. The minimum atomic E-state index is -0.750. The number of carbonyl (C=O) groups excluding carboxylic acids is 1. The zero-order chi connectivity index (χ0) is 17.6. The standard InChI is InChI=1S/C16H16N6O3/c1-22-13(17-7-18-22)12(8-2-3-8)21-14(23)9-4-5-10-11(6-9)20-16(25)15(24)19-10/h4-8,12H,2-3H2,1H3,(H,19,24)(H,20,25)(H,21,23)/t12-/m1/s1. The van der Waals surface area contributed by atoms with Crippen molar-refractivity contribution in [2.24, 2.45) is 13.0 Å². The number of carbonyl (C=O) groups is 1. The topological polar surface area (TPSA) is 126 Å². The van der Waals surface area contributed by atoms with E-state index in [0.717, 1.165) is 18.7 Å². The maximum Gasteiger partial charge on any atom is 0.314 e. The van der Waals surface area contributed by atoms with Gasteiger partial charge >= 0.3 is 11.1 Å². The predicted molar refractivity (Wildman–Crippen MR) is 89.1 cm³/mol. The first kappa shape index (κ1) is 15.3. The Hall–Kier alpha value is -3.23. The molecule has 0 saturated heterocycles. The molecule has 9 nitrogen and oxygen atoms in total. The summed E-state index contributed by atoms with van der Waals surface area (Å²) in [5.74, 6) is 0.798. The Labute approximate surface area is 141 Å². The third-order valence-corrected chi connectivity index (χ3v) is 4.39. The van der Waals surface area contributed by atoms with Gasteiger partial charge in [0.2, 0.25) is 0 Å². The van der Waals surface area contributed by atoms with Crippen LogP contribution in [0.25, 0.3) is 11.0 Å². The molecule has 1 atom stereocenters. The normalized spacial score (nSPS) is 15.2. The Morgan fingerprint density at radius 3 is 2.60 bits per heavy atom. The lowest BCUT2D eigenvalue weighted by molar-refractivity contribution is 0.0929. The van der Waals surface area contributed by atoms with E-state index in [9.17, 15) is 14.4 Å². The van der Waals surface area contributed by atoms with Gasteiger partial charge in [-0.25, -0.2) is 4.98 Å². The third kappa shape index (κ3) is 2.84. The van der Waals surface area contributed by atoms with Gasteiger partial charge in [0.15, 0.2) is 0 Å². The largest absolute Gasteiger partial charge is 0.342 e. The molecule has 2 heterocycles. The Bertz CT molecular complexity index is 1080. The molecule has 2 aromatic heterocycles. The van der Waals surface area contributed by atoms with Gasteiger partial charge in [0.25, 0.3) is 5.91 Å². The van der Waals surface area contributed by atoms with Crippen LogP contribution in [-0.2, 0) is 7.05 Å². The number of rotatable bonds is 4. The Morgan fingerprint density at radius 1 is 1.24 bits per heavy atom. The van der Waals surface area contributed by atoms with Gasteiger partial charge in [0.1, 0.15) is 12.2 Å². The second-order valence-electron chi connectivity index (χ2n) is 6.20. The molecule has 0 aliphatic heterocycles. The van der Waals surface area contributed by atoms with Crippen molar-refractivity contribution >= 4 is 16.9 Å². The summed E-state index contributed by atoms with van der Waals surface area (Å²) in [6.45, 7) is 0. The molecule has 1 saturated carbocycles. The summed E-state index contributed by atoms with van der Waals surface area (Å²) in [4.78, 5) is 44.7. The lowest BCUT2D eigenvalue weighted by atomic mass is 10.1. The van der Waals surface area contributed by atoms with Crippen molar-refractivity contribution in [2.75, 3.05) is 0 Å². The van der Waals surface area contributed by atoms with Gasteiger partial charge in [-0.3, -0.25) is 19.1 Å². The van der Waals surface area contributed by atoms with Gasteiger partial charge in [-0.2, -0.15) is 5.10 Å². The quantitative estimate of drug-likeness (QED) is 0.586. The van der Waals surface area contributed by atoms with Gasteiger partial charge in [0, 0.05) is 12.6 Å². The molecule has 128 valence electrons. The van der Waals surface area contributed by atoms with Crippen molar-refractivity contribution < 1.29 is 4.79 Å². The van der Waals surface area contributed by atoms with E-state index in [1.807, 2.05) is 0 Å². The zero-order valence-corrected chi connectivity index (χ0v) is 13.4. The summed E-state index contributed by atoms with van der Waals surface area (Å²) in [6.07, 6.45) is 3.53. The SMILES string of the molecule is Cn1ncnc1[C@H](NC(=O)c1ccc2[nH]c(=O)c(=O)[nH]c2c1)C1CC1. The summed E-state index contributed by atoms with van der Waals surface area (Å²) < 4.78 is 1.66. The summed E-state index contributed by atoms with van der Waals surface area (Å²) >= 11 is 0. The molecular weight excluding hydrogens is 324 g/mol. The van der Waals surface area contributed by atoms with Crippen molar-refractivity contribution in [3.63, 3.8) is 0 Å². The number of aromatic nitrogens is 5. The van der Waals surface area contributed by atoms with Crippen molar-refractivity contribution in [3.8, 4) is 0 Å². The number of hydrogen-bond acceptors (Lipinski definition) is 5. The van der Waals surface area contributed by atoms with Crippen LogP contribution in [0.1, 0.15) is 35.1 Å². The lowest BCUT2D eigenvalue weighted by Gasteiger charge is -2.17. The van der Waals surface area contributed by atoms with Crippen LogP contribution in [0, 0.1) is 5.92 Å².